The highest BCUT2D eigenvalue weighted by Crippen LogP contribution is 2.34. The maximum absolute atomic E-state index is 11.6. The molecule has 0 spiro atoms. The second kappa shape index (κ2) is 6.55. The second-order valence-corrected chi connectivity index (χ2v) is 4.98. The monoisotopic (exact) mass is 250 g/mol. The Morgan fingerprint density at radius 2 is 1.61 bits per heavy atom. The molecule has 0 amide bonds. The zero-order valence-corrected chi connectivity index (χ0v) is 11.8. The van der Waals surface area contributed by atoms with Crippen LogP contribution in [-0.2, 0) is 9.53 Å². The van der Waals surface area contributed by atoms with Crippen LogP contribution in [0.3, 0.4) is 0 Å². The van der Waals surface area contributed by atoms with E-state index >= 15 is 0 Å². The molecule has 0 aromatic heterocycles. The van der Waals surface area contributed by atoms with Crippen molar-refractivity contribution in [2.75, 3.05) is 13.7 Å². The van der Waals surface area contributed by atoms with Crippen LogP contribution in [0.25, 0.3) is 0 Å². The van der Waals surface area contributed by atoms with Gasteiger partial charge in [-0.2, -0.15) is 0 Å². The Labute approximate surface area is 109 Å². The Hall–Kier alpha value is -1.35. The van der Waals surface area contributed by atoms with Crippen molar-refractivity contribution in [1.29, 1.82) is 0 Å². The van der Waals surface area contributed by atoms with Crippen LogP contribution in [0.5, 0.6) is 5.75 Å². The molecular formula is C15H22O3. The van der Waals surface area contributed by atoms with E-state index in [2.05, 4.69) is 27.7 Å². The molecule has 0 radical (unpaired) electrons. The lowest BCUT2D eigenvalue weighted by atomic mass is 9.94. The van der Waals surface area contributed by atoms with Crippen LogP contribution in [0.1, 0.15) is 50.7 Å². The van der Waals surface area contributed by atoms with Crippen LogP contribution in [0, 0.1) is 0 Å². The Morgan fingerprint density at radius 3 is 2.00 bits per heavy atom. The van der Waals surface area contributed by atoms with Crippen molar-refractivity contribution in [3.63, 3.8) is 0 Å². The van der Waals surface area contributed by atoms with Gasteiger partial charge >= 0.3 is 5.97 Å². The normalized spacial score (nSPS) is 11.1. The van der Waals surface area contributed by atoms with E-state index in [1.165, 1.54) is 7.11 Å². The molecule has 1 aromatic rings. The maximum Gasteiger partial charge on any atom is 0.337 e. The predicted molar refractivity (Wildman–Crippen MR) is 72.1 cm³/mol. The van der Waals surface area contributed by atoms with Gasteiger partial charge in [0, 0.05) is 7.11 Å². The SMILES string of the molecule is COCC(=O)Oc1c(C(C)C)cccc1C(C)C. The van der Waals surface area contributed by atoms with Gasteiger partial charge in [-0.05, 0) is 23.0 Å². The average Bonchev–Trinajstić information content (AvgIpc) is 2.28. The van der Waals surface area contributed by atoms with Crippen LogP contribution in [0.2, 0.25) is 0 Å². The molecule has 0 saturated heterocycles. The van der Waals surface area contributed by atoms with Crippen LogP contribution in [-0.4, -0.2) is 19.7 Å². The molecule has 0 aliphatic heterocycles. The molecule has 3 heteroatoms. The molecule has 0 atom stereocenters. The minimum atomic E-state index is -0.354. The molecule has 0 N–H and O–H groups in total. The molecule has 100 valence electrons. The van der Waals surface area contributed by atoms with Crippen molar-refractivity contribution in [1.82, 2.24) is 0 Å². The zero-order valence-electron chi connectivity index (χ0n) is 11.8. The molecule has 1 rings (SSSR count). The van der Waals surface area contributed by atoms with Crippen LogP contribution in [0.4, 0.5) is 0 Å². The lowest BCUT2D eigenvalue weighted by Crippen LogP contribution is -2.16. The van der Waals surface area contributed by atoms with E-state index in [1.54, 1.807) is 0 Å². The Morgan fingerprint density at radius 1 is 1.11 bits per heavy atom. The number of hydrogen-bond acceptors (Lipinski definition) is 3. The van der Waals surface area contributed by atoms with Gasteiger partial charge in [-0.15, -0.1) is 0 Å². The highest BCUT2D eigenvalue weighted by molar-refractivity contribution is 5.74. The third kappa shape index (κ3) is 3.57. The standard InChI is InChI=1S/C15H22O3/c1-10(2)12-7-6-8-13(11(3)4)15(12)18-14(16)9-17-5/h6-8,10-11H,9H2,1-5H3. The number of ether oxygens (including phenoxy) is 2. The molecule has 0 heterocycles. The summed E-state index contributed by atoms with van der Waals surface area (Å²) in [6.45, 7) is 8.34. The molecule has 0 aliphatic carbocycles. The number of carbonyl (C=O) groups is 1. The molecule has 0 fully saturated rings. The fourth-order valence-corrected chi connectivity index (χ4v) is 1.86. The van der Waals surface area contributed by atoms with Crippen LogP contribution in [0.15, 0.2) is 18.2 Å². The van der Waals surface area contributed by atoms with E-state index in [-0.39, 0.29) is 12.6 Å². The highest BCUT2D eigenvalue weighted by atomic mass is 16.6. The Balaban J connectivity index is 3.14. The highest BCUT2D eigenvalue weighted by Gasteiger charge is 2.17. The fraction of sp³-hybridized carbons (Fsp3) is 0.533. The van der Waals surface area contributed by atoms with Gasteiger partial charge in [0.15, 0.2) is 0 Å². The van der Waals surface area contributed by atoms with Gasteiger partial charge in [0.05, 0.1) is 0 Å². The predicted octanol–water partition coefficient (Wildman–Crippen LogP) is 3.49. The van der Waals surface area contributed by atoms with Gasteiger partial charge in [-0.25, -0.2) is 4.79 Å². The summed E-state index contributed by atoms with van der Waals surface area (Å²) in [6, 6.07) is 6.02. The van der Waals surface area contributed by atoms with E-state index in [4.69, 9.17) is 9.47 Å². The van der Waals surface area contributed by atoms with Gasteiger partial charge in [-0.3, -0.25) is 0 Å². The van der Waals surface area contributed by atoms with E-state index in [9.17, 15) is 4.79 Å². The van der Waals surface area contributed by atoms with Crippen molar-refractivity contribution >= 4 is 5.97 Å². The summed E-state index contributed by atoms with van der Waals surface area (Å²) in [5.74, 6) is 0.972. The second-order valence-electron chi connectivity index (χ2n) is 4.98. The smallest absolute Gasteiger partial charge is 0.337 e. The molecule has 0 aliphatic rings. The summed E-state index contributed by atoms with van der Waals surface area (Å²) in [6.07, 6.45) is 0. The van der Waals surface area contributed by atoms with Crippen molar-refractivity contribution in [2.24, 2.45) is 0 Å². The summed E-state index contributed by atoms with van der Waals surface area (Å²) in [5.41, 5.74) is 2.12. The Kier molecular flexibility index (Phi) is 5.35. The summed E-state index contributed by atoms with van der Waals surface area (Å²) >= 11 is 0. The van der Waals surface area contributed by atoms with E-state index in [0.717, 1.165) is 11.1 Å². The number of carbonyl (C=O) groups excluding carboxylic acids is 1. The quantitative estimate of drug-likeness (QED) is 0.593. The van der Waals surface area contributed by atoms with Crippen LogP contribution < -0.4 is 4.74 Å². The van der Waals surface area contributed by atoms with Gasteiger partial charge in [0.2, 0.25) is 0 Å². The maximum atomic E-state index is 11.6. The largest absolute Gasteiger partial charge is 0.424 e. The number of methoxy groups -OCH3 is 1. The fourth-order valence-electron chi connectivity index (χ4n) is 1.86. The topological polar surface area (TPSA) is 35.5 Å². The minimum absolute atomic E-state index is 0.0238. The van der Waals surface area contributed by atoms with Crippen molar-refractivity contribution in [2.45, 2.75) is 39.5 Å². The first-order chi connectivity index (χ1) is 8.47. The van der Waals surface area contributed by atoms with E-state index in [1.807, 2.05) is 18.2 Å². The van der Waals surface area contributed by atoms with Gasteiger partial charge in [-0.1, -0.05) is 45.9 Å². The first-order valence-electron chi connectivity index (χ1n) is 6.29. The summed E-state index contributed by atoms with van der Waals surface area (Å²) in [5, 5.41) is 0. The Bertz CT molecular complexity index is 382. The zero-order chi connectivity index (χ0) is 13.7. The summed E-state index contributed by atoms with van der Waals surface area (Å²) < 4.78 is 10.3. The summed E-state index contributed by atoms with van der Waals surface area (Å²) in [7, 11) is 1.49. The summed E-state index contributed by atoms with van der Waals surface area (Å²) in [4.78, 5) is 11.6. The van der Waals surface area contributed by atoms with Gasteiger partial charge in [0.25, 0.3) is 0 Å². The molecule has 18 heavy (non-hydrogen) atoms. The first-order valence-corrected chi connectivity index (χ1v) is 6.29. The number of benzene rings is 1. The van der Waals surface area contributed by atoms with Gasteiger partial charge in [0.1, 0.15) is 12.4 Å². The number of para-hydroxylation sites is 1. The molecule has 0 saturated carbocycles. The minimum Gasteiger partial charge on any atom is -0.424 e. The van der Waals surface area contributed by atoms with Crippen molar-refractivity contribution < 1.29 is 14.3 Å². The average molecular weight is 250 g/mol. The molecule has 3 nitrogen and oxygen atoms in total. The van der Waals surface area contributed by atoms with Crippen molar-refractivity contribution in [3.05, 3.63) is 29.3 Å². The molecule has 1 aromatic carbocycles. The number of rotatable bonds is 5. The van der Waals surface area contributed by atoms with E-state index in [0.29, 0.717) is 17.6 Å². The number of esters is 1. The molecule has 0 unspecified atom stereocenters. The third-order valence-electron chi connectivity index (χ3n) is 2.80. The van der Waals surface area contributed by atoms with Gasteiger partial charge < -0.3 is 9.47 Å². The first kappa shape index (κ1) is 14.7. The number of hydrogen-bond donors (Lipinski definition) is 0. The lowest BCUT2D eigenvalue weighted by molar-refractivity contribution is -0.138. The van der Waals surface area contributed by atoms with E-state index < -0.39 is 0 Å². The molecular weight excluding hydrogens is 228 g/mol. The van der Waals surface area contributed by atoms with Crippen molar-refractivity contribution in [3.8, 4) is 5.75 Å². The van der Waals surface area contributed by atoms with Crippen LogP contribution >= 0.6 is 0 Å². The lowest BCUT2D eigenvalue weighted by Gasteiger charge is -2.18. The third-order valence-corrected chi connectivity index (χ3v) is 2.80. The molecule has 0 bridgehead atoms.